The third kappa shape index (κ3) is 5.04. The van der Waals surface area contributed by atoms with E-state index in [2.05, 4.69) is 9.46 Å². The zero-order valence-electron chi connectivity index (χ0n) is 18.6. The fourth-order valence-electron chi connectivity index (χ4n) is 4.29. The molecule has 0 aromatic heterocycles. The SMILES string of the molecule is O=S(=O)(N[C@@H]1COC[C@H](N2c3ccccc3Sc3ccccc32)[C@H]1O)c1ccc(OC(F)(F)F)cc1. The van der Waals surface area contributed by atoms with Gasteiger partial charge in [0.25, 0.3) is 0 Å². The van der Waals surface area contributed by atoms with E-state index in [0.29, 0.717) is 0 Å². The van der Waals surface area contributed by atoms with Crippen LogP contribution in [0.15, 0.2) is 87.5 Å². The van der Waals surface area contributed by atoms with Gasteiger partial charge in [0.15, 0.2) is 0 Å². The van der Waals surface area contributed by atoms with Crippen molar-refractivity contribution in [3.05, 3.63) is 72.8 Å². The van der Waals surface area contributed by atoms with Crippen molar-refractivity contribution in [2.45, 2.75) is 39.2 Å². The smallest absolute Gasteiger partial charge is 0.406 e. The van der Waals surface area contributed by atoms with Gasteiger partial charge in [-0.1, -0.05) is 36.0 Å². The van der Waals surface area contributed by atoms with Crippen molar-refractivity contribution >= 4 is 33.2 Å². The van der Waals surface area contributed by atoms with Crippen LogP contribution < -0.4 is 14.4 Å². The van der Waals surface area contributed by atoms with Crippen LogP contribution >= 0.6 is 11.8 Å². The van der Waals surface area contributed by atoms with Crippen LogP contribution in [0.2, 0.25) is 0 Å². The highest BCUT2D eigenvalue weighted by Gasteiger charge is 2.41. The van der Waals surface area contributed by atoms with E-state index in [1.165, 1.54) is 0 Å². The monoisotopic (exact) mass is 538 g/mol. The van der Waals surface area contributed by atoms with Gasteiger partial charge >= 0.3 is 6.36 Å². The van der Waals surface area contributed by atoms with Crippen LogP contribution in [0.3, 0.4) is 0 Å². The number of halogens is 3. The first kappa shape index (κ1) is 24.9. The quantitative estimate of drug-likeness (QED) is 0.501. The average molecular weight is 539 g/mol. The van der Waals surface area contributed by atoms with E-state index in [-0.39, 0.29) is 18.1 Å². The zero-order chi connectivity index (χ0) is 25.5. The second kappa shape index (κ2) is 9.60. The Morgan fingerprint density at radius 3 is 2.11 bits per heavy atom. The molecule has 2 heterocycles. The zero-order valence-corrected chi connectivity index (χ0v) is 20.2. The number of para-hydroxylation sites is 2. The Kier molecular flexibility index (Phi) is 6.64. The molecule has 0 saturated carbocycles. The molecule has 3 aromatic rings. The fraction of sp³-hybridized carbons (Fsp3) is 0.250. The molecule has 2 aliphatic heterocycles. The molecule has 3 aromatic carbocycles. The van der Waals surface area contributed by atoms with Crippen molar-refractivity contribution in [2.24, 2.45) is 0 Å². The number of aliphatic hydroxyl groups is 1. The summed E-state index contributed by atoms with van der Waals surface area (Å²) in [5, 5.41) is 11.3. The molecule has 12 heteroatoms. The highest BCUT2D eigenvalue weighted by atomic mass is 32.2. The summed E-state index contributed by atoms with van der Waals surface area (Å²) in [7, 11) is -4.18. The maximum Gasteiger partial charge on any atom is 0.573 e. The predicted octanol–water partition coefficient (Wildman–Crippen LogP) is 4.29. The first-order valence-electron chi connectivity index (χ1n) is 10.9. The molecule has 2 N–H and O–H groups in total. The van der Waals surface area contributed by atoms with Crippen LogP contribution in [0.5, 0.6) is 5.75 Å². The first-order valence-corrected chi connectivity index (χ1v) is 13.2. The van der Waals surface area contributed by atoms with Gasteiger partial charge in [0, 0.05) is 9.79 Å². The predicted molar refractivity (Wildman–Crippen MR) is 127 cm³/mol. The van der Waals surface area contributed by atoms with Crippen molar-refractivity contribution in [2.75, 3.05) is 18.1 Å². The summed E-state index contributed by atoms with van der Waals surface area (Å²) in [6.07, 6.45) is -6.04. The second-order valence-electron chi connectivity index (χ2n) is 8.25. The van der Waals surface area contributed by atoms with Crippen molar-refractivity contribution < 1.29 is 36.2 Å². The maximum absolute atomic E-state index is 13.0. The number of nitrogens with zero attached hydrogens (tertiary/aromatic N) is 1. The number of ether oxygens (including phenoxy) is 2. The lowest BCUT2D eigenvalue weighted by Gasteiger charge is -2.44. The molecule has 0 radical (unpaired) electrons. The minimum absolute atomic E-state index is 0.0714. The van der Waals surface area contributed by atoms with Gasteiger partial charge in [-0.2, -0.15) is 0 Å². The largest absolute Gasteiger partial charge is 0.573 e. The maximum atomic E-state index is 13.0. The highest BCUT2D eigenvalue weighted by Crippen LogP contribution is 2.49. The van der Waals surface area contributed by atoms with Gasteiger partial charge in [0.05, 0.1) is 47.7 Å². The Hall–Kier alpha value is -2.77. The summed E-state index contributed by atoms with van der Waals surface area (Å²) in [6.45, 7) is 0.0915. The number of nitrogens with one attached hydrogen (secondary N) is 1. The third-order valence-corrected chi connectivity index (χ3v) is 8.50. The van der Waals surface area contributed by atoms with E-state index < -0.39 is 40.3 Å². The standard InChI is InChI=1S/C24H21F3N2O5S2/c25-24(26,27)34-15-9-11-16(12-10-15)36(31,32)28-17-13-33-14-20(23(17)30)29-18-5-1-3-7-21(18)35-22-8-4-2-6-19(22)29/h1-12,17,20,23,28,30H,13-14H2/t17-,20+,23+/m1/s1. The molecule has 1 saturated heterocycles. The average Bonchev–Trinajstić information content (AvgIpc) is 2.83. The van der Waals surface area contributed by atoms with Crippen molar-refractivity contribution in [3.63, 3.8) is 0 Å². The molecule has 2 aliphatic rings. The number of aliphatic hydroxyl groups excluding tert-OH is 1. The lowest BCUT2D eigenvalue weighted by molar-refractivity contribution is -0.274. The topological polar surface area (TPSA) is 88.1 Å². The van der Waals surface area contributed by atoms with Gasteiger partial charge in [-0.15, -0.1) is 13.2 Å². The van der Waals surface area contributed by atoms with E-state index in [0.717, 1.165) is 45.4 Å². The number of anilines is 2. The minimum Gasteiger partial charge on any atom is -0.406 e. The molecule has 7 nitrogen and oxygen atoms in total. The normalized spacial score (nSPS) is 22.0. The van der Waals surface area contributed by atoms with Gasteiger partial charge < -0.3 is 19.5 Å². The molecule has 0 unspecified atom stereocenters. The molecule has 0 bridgehead atoms. The summed E-state index contributed by atoms with van der Waals surface area (Å²) in [6, 6.07) is 17.7. The number of hydrogen-bond acceptors (Lipinski definition) is 7. The van der Waals surface area contributed by atoms with Crippen LogP contribution in [-0.4, -0.2) is 51.3 Å². The summed E-state index contributed by atoms with van der Waals surface area (Å²) < 4.78 is 75.1. The van der Waals surface area contributed by atoms with Crippen LogP contribution in [-0.2, 0) is 14.8 Å². The van der Waals surface area contributed by atoms with Gasteiger partial charge in [0.1, 0.15) is 5.75 Å². The van der Waals surface area contributed by atoms with Crippen molar-refractivity contribution in [1.82, 2.24) is 4.72 Å². The van der Waals surface area contributed by atoms with Crippen LogP contribution in [0.1, 0.15) is 0 Å². The van der Waals surface area contributed by atoms with Gasteiger partial charge in [-0.05, 0) is 48.5 Å². The number of rotatable bonds is 5. The van der Waals surface area contributed by atoms with Crippen LogP contribution in [0, 0.1) is 0 Å². The van der Waals surface area contributed by atoms with E-state index in [4.69, 9.17) is 4.74 Å². The summed E-state index contributed by atoms with van der Waals surface area (Å²) >= 11 is 1.61. The molecule has 0 spiro atoms. The minimum atomic E-state index is -4.89. The van der Waals surface area contributed by atoms with E-state index in [9.17, 15) is 26.7 Å². The molecular formula is C24H21F3N2O5S2. The number of alkyl halides is 3. The van der Waals surface area contributed by atoms with Gasteiger partial charge in [-0.25, -0.2) is 13.1 Å². The molecule has 0 aliphatic carbocycles. The van der Waals surface area contributed by atoms with E-state index in [1.54, 1.807) is 11.8 Å². The van der Waals surface area contributed by atoms with Gasteiger partial charge in [0.2, 0.25) is 10.0 Å². The fourth-order valence-corrected chi connectivity index (χ4v) is 6.60. The van der Waals surface area contributed by atoms with E-state index in [1.807, 2.05) is 53.4 Å². The number of fused-ring (bicyclic) bond motifs is 2. The first-order chi connectivity index (χ1) is 17.1. The summed E-state index contributed by atoms with van der Waals surface area (Å²) in [4.78, 5) is 3.69. The Morgan fingerprint density at radius 2 is 1.53 bits per heavy atom. The van der Waals surface area contributed by atoms with E-state index >= 15 is 0 Å². The van der Waals surface area contributed by atoms with Crippen molar-refractivity contribution in [3.8, 4) is 5.75 Å². The number of benzene rings is 3. The molecule has 190 valence electrons. The second-order valence-corrected chi connectivity index (χ2v) is 11.0. The van der Waals surface area contributed by atoms with Crippen molar-refractivity contribution in [1.29, 1.82) is 0 Å². The highest BCUT2D eigenvalue weighted by molar-refractivity contribution is 7.99. The Labute approximate surface area is 209 Å². The Bertz CT molecular complexity index is 1310. The number of sulfonamides is 1. The summed E-state index contributed by atoms with van der Waals surface area (Å²) in [5.74, 6) is -0.539. The molecule has 36 heavy (non-hydrogen) atoms. The van der Waals surface area contributed by atoms with Crippen LogP contribution in [0.4, 0.5) is 24.5 Å². The molecule has 5 rings (SSSR count). The Morgan fingerprint density at radius 1 is 0.944 bits per heavy atom. The van der Waals surface area contributed by atoms with Crippen LogP contribution in [0.25, 0.3) is 0 Å². The lowest BCUT2D eigenvalue weighted by Crippen LogP contribution is -2.60. The number of hydrogen-bond donors (Lipinski definition) is 2. The van der Waals surface area contributed by atoms with Gasteiger partial charge in [-0.3, -0.25) is 0 Å². The molecule has 3 atom stereocenters. The molecule has 0 amide bonds. The molecular weight excluding hydrogens is 517 g/mol. The summed E-state index contributed by atoms with van der Waals surface area (Å²) in [5.41, 5.74) is 1.75. The third-order valence-electron chi connectivity index (χ3n) is 5.87. The molecule has 1 fully saturated rings. The lowest BCUT2D eigenvalue weighted by atomic mass is 9.99. The Balaban J connectivity index is 1.39.